The molecule has 78 valence electrons. The van der Waals surface area contributed by atoms with Crippen LogP contribution in [0.5, 0.6) is 0 Å². The number of rotatable bonds is 3. The van der Waals surface area contributed by atoms with E-state index >= 15 is 0 Å². The van der Waals surface area contributed by atoms with Crippen molar-refractivity contribution >= 4 is 38.9 Å². The predicted molar refractivity (Wildman–Crippen MR) is 54.4 cm³/mol. The summed E-state index contributed by atoms with van der Waals surface area (Å²) in [7, 11) is -3.81. The molecule has 3 nitrogen and oxygen atoms in total. The minimum Gasteiger partial charge on any atom is -0.281 e. The maximum Gasteiger partial charge on any atom is 0.264 e. The Kier molecular flexibility index (Phi) is 3.58. The lowest BCUT2D eigenvalue weighted by Gasteiger charge is -2.07. The summed E-state index contributed by atoms with van der Waals surface area (Å²) in [5.41, 5.74) is 0.206. The Labute approximate surface area is 90.9 Å². The van der Waals surface area contributed by atoms with Gasteiger partial charge in [0.15, 0.2) is 0 Å². The van der Waals surface area contributed by atoms with Gasteiger partial charge in [-0.05, 0) is 24.3 Å². The molecule has 0 saturated carbocycles. The molecule has 0 aliphatic carbocycles. The van der Waals surface area contributed by atoms with Gasteiger partial charge in [0.05, 0.1) is 0 Å². The third-order valence-corrected chi connectivity index (χ3v) is 3.74. The maximum absolute atomic E-state index is 12.4. The van der Waals surface area contributed by atoms with Gasteiger partial charge in [-0.2, -0.15) is 0 Å². The lowest BCUT2D eigenvalue weighted by atomic mass is 10.3. The van der Waals surface area contributed by atoms with Crippen LogP contribution in [0.15, 0.2) is 24.3 Å². The van der Waals surface area contributed by atoms with Gasteiger partial charge in [0, 0.05) is 5.69 Å². The first kappa shape index (κ1) is 11.6. The largest absolute Gasteiger partial charge is 0.281 e. The maximum atomic E-state index is 12.4. The molecular formula is C7H6Cl2FNO2S. The second-order valence-electron chi connectivity index (χ2n) is 2.41. The Hall–Kier alpha value is -0.520. The van der Waals surface area contributed by atoms with Gasteiger partial charge in [0.1, 0.15) is 5.82 Å². The third-order valence-electron chi connectivity index (χ3n) is 1.34. The van der Waals surface area contributed by atoms with Gasteiger partial charge in [-0.25, -0.2) is 12.8 Å². The Morgan fingerprint density at radius 2 is 1.71 bits per heavy atom. The molecule has 1 N–H and O–H groups in total. The van der Waals surface area contributed by atoms with E-state index in [1.807, 2.05) is 0 Å². The van der Waals surface area contributed by atoms with E-state index in [0.717, 1.165) is 12.1 Å². The molecule has 0 bridgehead atoms. The van der Waals surface area contributed by atoms with Crippen LogP contribution in [0.2, 0.25) is 0 Å². The number of benzene rings is 1. The highest BCUT2D eigenvalue weighted by Crippen LogP contribution is 2.16. The second kappa shape index (κ2) is 4.33. The molecule has 1 aromatic carbocycles. The van der Waals surface area contributed by atoms with Gasteiger partial charge >= 0.3 is 0 Å². The van der Waals surface area contributed by atoms with Crippen molar-refractivity contribution in [3.8, 4) is 0 Å². The van der Waals surface area contributed by atoms with Crippen molar-refractivity contribution in [2.75, 3.05) is 4.72 Å². The molecular weight excluding hydrogens is 252 g/mol. The van der Waals surface area contributed by atoms with Crippen LogP contribution in [-0.2, 0) is 10.0 Å². The van der Waals surface area contributed by atoms with Crippen molar-refractivity contribution in [3.63, 3.8) is 0 Å². The van der Waals surface area contributed by atoms with Crippen LogP contribution >= 0.6 is 23.2 Å². The zero-order chi connectivity index (χ0) is 10.8. The summed E-state index contributed by atoms with van der Waals surface area (Å²) in [6, 6.07) is 4.77. The molecule has 0 aliphatic heterocycles. The van der Waals surface area contributed by atoms with Crippen LogP contribution in [-0.4, -0.2) is 12.6 Å². The average Bonchev–Trinajstić information content (AvgIpc) is 2.08. The fourth-order valence-corrected chi connectivity index (χ4v) is 1.55. The lowest BCUT2D eigenvalue weighted by molar-refractivity contribution is 0.603. The Balaban J connectivity index is 2.85. The quantitative estimate of drug-likeness (QED) is 0.846. The van der Waals surface area contributed by atoms with Gasteiger partial charge in [-0.3, -0.25) is 4.72 Å². The van der Waals surface area contributed by atoms with E-state index in [1.54, 1.807) is 0 Å². The molecule has 0 atom stereocenters. The van der Waals surface area contributed by atoms with E-state index in [9.17, 15) is 12.8 Å². The highest BCUT2D eigenvalue weighted by Gasteiger charge is 2.19. The molecule has 0 amide bonds. The van der Waals surface area contributed by atoms with Crippen molar-refractivity contribution in [2.24, 2.45) is 0 Å². The normalized spacial score (nSPS) is 11.7. The smallest absolute Gasteiger partial charge is 0.264 e. The van der Waals surface area contributed by atoms with Crippen LogP contribution in [0, 0.1) is 5.82 Å². The van der Waals surface area contributed by atoms with Gasteiger partial charge in [0.25, 0.3) is 10.0 Å². The average molecular weight is 258 g/mol. The zero-order valence-electron chi connectivity index (χ0n) is 6.75. The Morgan fingerprint density at radius 3 is 2.14 bits per heavy atom. The lowest BCUT2D eigenvalue weighted by Crippen LogP contribution is -2.18. The second-order valence-corrected chi connectivity index (χ2v) is 5.79. The van der Waals surface area contributed by atoms with Crippen molar-refractivity contribution < 1.29 is 12.8 Å². The number of alkyl halides is 2. The zero-order valence-corrected chi connectivity index (χ0v) is 9.07. The third kappa shape index (κ3) is 3.01. The SMILES string of the molecule is O=S(=O)(Nc1ccc(F)cc1)C(Cl)Cl. The van der Waals surface area contributed by atoms with Gasteiger partial charge in [-0.15, -0.1) is 0 Å². The number of nitrogens with one attached hydrogen (secondary N) is 1. The molecule has 7 heteroatoms. The summed E-state index contributed by atoms with van der Waals surface area (Å²) < 4.78 is 35.2. The van der Waals surface area contributed by atoms with Gasteiger partial charge in [0.2, 0.25) is 4.17 Å². The van der Waals surface area contributed by atoms with Crippen LogP contribution in [0.4, 0.5) is 10.1 Å². The first-order valence-electron chi connectivity index (χ1n) is 3.47. The summed E-state index contributed by atoms with van der Waals surface area (Å²) in [5.74, 6) is -0.457. The van der Waals surface area contributed by atoms with E-state index in [2.05, 4.69) is 4.72 Å². The molecule has 0 radical (unpaired) electrons. The molecule has 14 heavy (non-hydrogen) atoms. The molecule has 0 unspecified atom stereocenters. The van der Waals surface area contributed by atoms with E-state index in [-0.39, 0.29) is 5.69 Å². The fraction of sp³-hybridized carbons (Fsp3) is 0.143. The van der Waals surface area contributed by atoms with E-state index in [0.29, 0.717) is 0 Å². The minimum atomic E-state index is -3.81. The molecule has 0 saturated heterocycles. The van der Waals surface area contributed by atoms with Gasteiger partial charge < -0.3 is 0 Å². The molecule has 0 aromatic heterocycles. The summed E-state index contributed by atoms with van der Waals surface area (Å²) in [4.78, 5) is 0. The molecule has 0 fully saturated rings. The molecule has 0 spiro atoms. The molecule has 1 rings (SSSR count). The van der Waals surface area contributed by atoms with Crippen LogP contribution in [0.3, 0.4) is 0 Å². The van der Waals surface area contributed by atoms with Crippen molar-refractivity contribution in [2.45, 2.75) is 4.17 Å². The topological polar surface area (TPSA) is 46.2 Å². The summed E-state index contributed by atoms with van der Waals surface area (Å²) in [6.45, 7) is 0. The minimum absolute atomic E-state index is 0.206. The standard InChI is InChI=1S/C7H6Cl2FNO2S/c8-7(9)14(12,13)11-6-3-1-5(10)2-4-6/h1-4,7,11H. The molecule has 0 heterocycles. The number of halogens is 3. The first-order chi connectivity index (χ1) is 6.42. The van der Waals surface area contributed by atoms with Crippen molar-refractivity contribution in [1.82, 2.24) is 0 Å². The summed E-state index contributed by atoms with van der Waals surface area (Å²) in [6.07, 6.45) is 0. The van der Waals surface area contributed by atoms with E-state index in [1.165, 1.54) is 12.1 Å². The Bertz CT molecular complexity index is 404. The highest BCUT2D eigenvalue weighted by molar-refractivity contribution is 7.95. The monoisotopic (exact) mass is 257 g/mol. The van der Waals surface area contributed by atoms with Crippen LogP contribution in [0.1, 0.15) is 0 Å². The van der Waals surface area contributed by atoms with E-state index < -0.39 is 20.0 Å². The summed E-state index contributed by atoms with van der Waals surface area (Å²) in [5, 5.41) is 0. The first-order valence-corrected chi connectivity index (χ1v) is 5.89. The number of anilines is 1. The van der Waals surface area contributed by atoms with Crippen molar-refractivity contribution in [1.29, 1.82) is 0 Å². The van der Waals surface area contributed by atoms with Gasteiger partial charge in [-0.1, -0.05) is 23.2 Å². The number of sulfonamides is 1. The molecule has 0 aliphatic rings. The summed E-state index contributed by atoms with van der Waals surface area (Å²) >= 11 is 10.4. The van der Waals surface area contributed by atoms with Crippen molar-refractivity contribution in [3.05, 3.63) is 30.1 Å². The number of hydrogen-bond donors (Lipinski definition) is 1. The number of hydrogen-bond acceptors (Lipinski definition) is 2. The Morgan fingerprint density at radius 1 is 1.21 bits per heavy atom. The van der Waals surface area contributed by atoms with Crippen LogP contribution in [0.25, 0.3) is 0 Å². The highest BCUT2D eigenvalue weighted by atomic mass is 35.5. The van der Waals surface area contributed by atoms with E-state index in [4.69, 9.17) is 23.2 Å². The van der Waals surface area contributed by atoms with Crippen LogP contribution < -0.4 is 4.72 Å². The molecule has 1 aromatic rings. The predicted octanol–water partition coefficient (Wildman–Crippen LogP) is 2.33. The fourth-order valence-electron chi connectivity index (χ4n) is 0.727.